The van der Waals surface area contributed by atoms with Gasteiger partial charge in [0.05, 0.1) is 11.6 Å². The average molecular weight is 262 g/mol. The minimum atomic E-state index is -0.831. The summed E-state index contributed by atoms with van der Waals surface area (Å²) < 4.78 is 0. The summed E-state index contributed by atoms with van der Waals surface area (Å²) in [6, 6.07) is 7.96. The van der Waals surface area contributed by atoms with Crippen molar-refractivity contribution in [1.29, 1.82) is 0 Å². The van der Waals surface area contributed by atoms with E-state index in [4.69, 9.17) is 0 Å². The molecule has 19 heavy (non-hydrogen) atoms. The molecule has 1 aromatic rings. The van der Waals surface area contributed by atoms with Gasteiger partial charge in [-0.2, -0.15) is 0 Å². The van der Waals surface area contributed by atoms with E-state index >= 15 is 0 Å². The zero-order chi connectivity index (χ0) is 13.9. The van der Waals surface area contributed by atoms with Gasteiger partial charge in [-0.1, -0.05) is 31.2 Å². The molecule has 1 aliphatic rings. The summed E-state index contributed by atoms with van der Waals surface area (Å²) in [5.74, 6) is -0.0387. The van der Waals surface area contributed by atoms with Gasteiger partial charge in [0.15, 0.2) is 0 Å². The number of hydrogen-bond acceptors (Lipinski definition) is 3. The van der Waals surface area contributed by atoms with Crippen molar-refractivity contribution in [3.05, 3.63) is 35.4 Å². The quantitative estimate of drug-likeness (QED) is 0.758. The van der Waals surface area contributed by atoms with Gasteiger partial charge in [0, 0.05) is 13.1 Å². The molecule has 1 aliphatic heterocycles. The van der Waals surface area contributed by atoms with Crippen LogP contribution in [0.3, 0.4) is 0 Å². The van der Waals surface area contributed by atoms with E-state index in [9.17, 15) is 9.90 Å². The Morgan fingerprint density at radius 2 is 2.16 bits per heavy atom. The van der Waals surface area contributed by atoms with E-state index in [2.05, 4.69) is 22.8 Å². The second kappa shape index (κ2) is 5.72. The zero-order valence-corrected chi connectivity index (χ0v) is 11.6. The van der Waals surface area contributed by atoms with E-state index in [0.29, 0.717) is 19.4 Å². The molecule has 0 bridgehead atoms. The fourth-order valence-corrected chi connectivity index (χ4v) is 2.17. The van der Waals surface area contributed by atoms with Crippen LogP contribution in [0.4, 0.5) is 0 Å². The molecule has 1 unspecified atom stereocenters. The molecule has 0 spiro atoms. The summed E-state index contributed by atoms with van der Waals surface area (Å²) in [6.45, 7) is 4.65. The lowest BCUT2D eigenvalue weighted by molar-refractivity contribution is -0.124. The summed E-state index contributed by atoms with van der Waals surface area (Å²) in [6.07, 6.45) is 1.32. The van der Waals surface area contributed by atoms with E-state index in [0.717, 1.165) is 6.54 Å². The fraction of sp³-hybridized carbons (Fsp3) is 0.533. The number of carbonyl (C=O) groups excluding carboxylic acids is 1. The summed E-state index contributed by atoms with van der Waals surface area (Å²) in [5.41, 5.74) is 1.65. The highest BCUT2D eigenvalue weighted by molar-refractivity contribution is 5.82. The maximum Gasteiger partial charge on any atom is 0.237 e. The van der Waals surface area contributed by atoms with Gasteiger partial charge >= 0.3 is 0 Å². The molecule has 0 aromatic heterocycles. The molecule has 0 saturated carbocycles. The third-order valence-corrected chi connectivity index (χ3v) is 3.80. The number of hydrogen-bond donors (Lipinski definition) is 3. The van der Waals surface area contributed by atoms with Crippen LogP contribution < -0.4 is 10.6 Å². The van der Waals surface area contributed by atoms with Crippen molar-refractivity contribution >= 4 is 5.91 Å². The van der Waals surface area contributed by atoms with E-state index in [1.807, 2.05) is 19.1 Å². The molecule has 4 heteroatoms. The van der Waals surface area contributed by atoms with Gasteiger partial charge in [0.2, 0.25) is 5.91 Å². The Labute approximate surface area is 114 Å². The van der Waals surface area contributed by atoms with Crippen LogP contribution in [-0.4, -0.2) is 29.2 Å². The van der Waals surface area contributed by atoms with E-state index in [1.54, 1.807) is 6.92 Å². The molecule has 0 fully saturated rings. The van der Waals surface area contributed by atoms with Gasteiger partial charge in [-0.25, -0.2) is 0 Å². The van der Waals surface area contributed by atoms with Gasteiger partial charge in [-0.15, -0.1) is 0 Å². The van der Waals surface area contributed by atoms with Gasteiger partial charge in [0.1, 0.15) is 0 Å². The first-order valence-corrected chi connectivity index (χ1v) is 6.82. The number of benzene rings is 1. The molecule has 3 N–H and O–H groups in total. The van der Waals surface area contributed by atoms with Gasteiger partial charge in [-0.05, 0) is 30.9 Å². The van der Waals surface area contributed by atoms with Crippen LogP contribution in [0.5, 0.6) is 0 Å². The van der Waals surface area contributed by atoms with Crippen molar-refractivity contribution < 1.29 is 9.90 Å². The highest BCUT2D eigenvalue weighted by Gasteiger charge is 2.25. The normalized spacial score (nSPS) is 21.3. The smallest absolute Gasteiger partial charge is 0.237 e. The van der Waals surface area contributed by atoms with Crippen LogP contribution in [0.15, 0.2) is 24.3 Å². The van der Waals surface area contributed by atoms with E-state index in [-0.39, 0.29) is 11.9 Å². The van der Waals surface area contributed by atoms with Gasteiger partial charge < -0.3 is 15.7 Å². The highest BCUT2D eigenvalue weighted by Crippen LogP contribution is 2.16. The first-order chi connectivity index (χ1) is 9.02. The van der Waals surface area contributed by atoms with Crippen LogP contribution in [0.25, 0.3) is 0 Å². The first-order valence-electron chi connectivity index (χ1n) is 6.82. The van der Waals surface area contributed by atoms with Crippen molar-refractivity contribution in [2.24, 2.45) is 0 Å². The first kappa shape index (κ1) is 14.0. The van der Waals surface area contributed by atoms with E-state index in [1.165, 1.54) is 11.1 Å². The topological polar surface area (TPSA) is 61.4 Å². The second-order valence-corrected chi connectivity index (χ2v) is 5.47. The molecule has 104 valence electrons. The molecule has 2 rings (SSSR count). The van der Waals surface area contributed by atoms with Crippen LogP contribution in [0, 0.1) is 0 Å². The Hall–Kier alpha value is -1.39. The number of aliphatic hydroxyl groups is 1. The van der Waals surface area contributed by atoms with Crippen LogP contribution in [0.1, 0.15) is 31.4 Å². The molecule has 0 saturated heterocycles. The third kappa shape index (κ3) is 3.55. The molecule has 0 radical (unpaired) electrons. The number of amides is 1. The van der Waals surface area contributed by atoms with Crippen molar-refractivity contribution in [2.45, 2.75) is 44.9 Å². The largest absolute Gasteiger partial charge is 0.388 e. The summed E-state index contributed by atoms with van der Waals surface area (Å²) in [7, 11) is 0. The SMILES string of the molecule is CCC(C)(O)CNC(=O)[C@H]1Cc2ccccc2CN1. The van der Waals surface area contributed by atoms with Crippen LogP contribution >= 0.6 is 0 Å². The minimum absolute atomic E-state index is 0.0387. The maximum atomic E-state index is 12.1. The van der Waals surface area contributed by atoms with Crippen molar-refractivity contribution in [3.8, 4) is 0 Å². The molecule has 1 amide bonds. The van der Waals surface area contributed by atoms with Crippen LogP contribution in [-0.2, 0) is 17.8 Å². The molecule has 0 aliphatic carbocycles. The Kier molecular flexibility index (Phi) is 4.22. The number of nitrogens with one attached hydrogen (secondary N) is 2. The lowest BCUT2D eigenvalue weighted by Crippen LogP contribution is -2.50. The van der Waals surface area contributed by atoms with E-state index < -0.39 is 5.60 Å². The lowest BCUT2D eigenvalue weighted by Gasteiger charge is -2.27. The zero-order valence-electron chi connectivity index (χ0n) is 11.6. The maximum absolute atomic E-state index is 12.1. The van der Waals surface area contributed by atoms with Crippen molar-refractivity contribution in [2.75, 3.05) is 6.54 Å². The highest BCUT2D eigenvalue weighted by atomic mass is 16.3. The molecular formula is C15H22N2O2. The van der Waals surface area contributed by atoms with Crippen LogP contribution in [0.2, 0.25) is 0 Å². The second-order valence-electron chi connectivity index (χ2n) is 5.47. The molecular weight excluding hydrogens is 240 g/mol. The Morgan fingerprint density at radius 3 is 2.84 bits per heavy atom. The number of carbonyl (C=O) groups is 1. The van der Waals surface area contributed by atoms with Crippen molar-refractivity contribution in [1.82, 2.24) is 10.6 Å². The van der Waals surface area contributed by atoms with Gasteiger partial charge in [0.25, 0.3) is 0 Å². The Bertz CT molecular complexity index is 457. The summed E-state index contributed by atoms with van der Waals surface area (Å²) >= 11 is 0. The number of rotatable bonds is 4. The predicted molar refractivity (Wildman–Crippen MR) is 74.7 cm³/mol. The summed E-state index contributed by atoms with van der Waals surface area (Å²) in [4.78, 5) is 12.1. The Balaban J connectivity index is 1.92. The molecule has 1 heterocycles. The van der Waals surface area contributed by atoms with Crippen molar-refractivity contribution in [3.63, 3.8) is 0 Å². The monoisotopic (exact) mass is 262 g/mol. The fourth-order valence-electron chi connectivity index (χ4n) is 2.17. The molecule has 4 nitrogen and oxygen atoms in total. The lowest BCUT2D eigenvalue weighted by atomic mass is 9.95. The molecule has 2 atom stereocenters. The molecule has 1 aromatic carbocycles. The van der Waals surface area contributed by atoms with Gasteiger partial charge in [-0.3, -0.25) is 4.79 Å². The summed E-state index contributed by atoms with van der Waals surface area (Å²) in [5, 5.41) is 16.0. The average Bonchev–Trinajstić information content (AvgIpc) is 2.44. The minimum Gasteiger partial charge on any atom is -0.388 e. The Morgan fingerprint density at radius 1 is 1.47 bits per heavy atom. The standard InChI is InChI=1S/C15H22N2O2/c1-3-15(2,19)10-17-14(18)13-8-11-6-4-5-7-12(11)9-16-13/h4-7,13,16,19H,3,8-10H2,1-2H3,(H,17,18)/t13-,15?/m1/s1. The third-order valence-electron chi connectivity index (χ3n) is 3.80. The predicted octanol–water partition coefficient (Wildman–Crippen LogP) is 0.978. The number of fused-ring (bicyclic) bond motifs is 1.